The molecule has 1 N–H and O–H groups in total. The van der Waals surface area contributed by atoms with Crippen LogP contribution in [0.5, 0.6) is 6.01 Å². The number of para-hydroxylation sites is 1. The summed E-state index contributed by atoms with van der Waals surface area (Å²) in [6.07, 6.45) is -3.94. The van der Waals surface area contributed by atoms with Gasteiger partial charge in [-0.15, -0.1) is 0 Å². The highest BCUT2D eigenvalue weighted by Gasteiger charge is 2.35. The number of rotatable bonds is 5. The summed E-state index contributed by atoms with van der Waals surface area (Å²) < 4.78 is 45.1. The van der Waals surface area contributed by atoms with Gasteiger partial charge in [0.2, 0.25) is 0 Å². The van der Waals surface area contributed by atoms with Crippen LogP contribution in [0, 0.1) is 0 Å². The normalized spacial score (nSPS) is 11.2. The second-order valence-corrected chi connectivity index (χ2v) is 5.70. The predicted molar refractivity (Wildman–Crippen MR) is 92.5 cm³/mol. The molecule has 1 heterocycles. The molecule has 0 atom stereocenters. The van der Waals surface area contributed by atoms with Crippen LogP contribution >= 0.6 is 11.6 Å². The molecule has 0 aliphatic heterocycles. The lowest BCUT2D eigenvalue weighted by atomic mass is 10.2. The Morgan fingerprint density at radius 1 is 1.00 bits per heavy atom. The fourth-order valence-corrected chi connectivity index (χ4v) is 2.33. The first-order valence-corrected chi connectivity index (χ1v) is 7.94. The number of aromatic nitrogens is 2. The molecule has 0 spiro atoms. The van der Waals surface area contributed by atoms with Gasteiger partial charge in [-0.25, -0.2) is 4.98 Å². The van der Waals surface area contributed by atoms with Gasteiger partial charge in [-0.05, 0) is 17.7 Å². The van der Waals surface area contributed by atoms with E-state index >= 15 is 0 Å². The molecule has 1 aromatic heterocycles. The lowest BCUT2D eigenvalue weighted by Gasteiger charge is -2.15. The van der Waals surface area contributed by atoms with Gasteiger partial charge < -0.3 is 10.1 Å². The Hall–Kier alpha value is -2.80. The van der Waals surface area contributed by atoms with Gasteiger partial charge in [0.25, 0.3) is 0 Å². The molecule has 26 heavy (non-hydrogen) atoms. The van der Waals surface area contributed by atoms with Gasteiger partial charge in [0.05, 0.1) is 10.7 Å². The zero-order valence-corrected chi connectivity index (χ0v) is 14.1. The molecule has 134 valence electrons. The standard InChI is InChI=1S/C18H13ClF3N3O/c19-14-8-4-5-9-15(14)24-16-13(18(20,21)22)10-23-17(25-16)26-11-12-6-2-1-3-7-12/h1-10H,11H2,(H,23,24,25). The molecule has 8 heteroatoms. The highest BCUT2D eigenvalue weighted by molar-refractivity contribution is 6.33. The third kappa shape index (κ3) is 4.43. The first-order chi connectivity index (χ1) is 12.4. The number of hydrogen-bond donors (Lipinski definition) is 1. The van der Waals surface area contributed by atoms with Gasteiger partial charge in [-0.2, -0.15) is 18.2 Å². The van der Waals surface area contributed by atoms with Gasteiger partial charge in [0.1, 0.15) is 18.0 Å². The summed E-state index contributed by atoms with van der Waals surface area (Å²) in [7, 11) is 0. The third-order valence-corrected chi connectivity index (χ3v) is 3.74. The first kappa shape index (κ1) is 18.0. The van der Waals surface area contributed by atoms with Gasteiger partial charge in [0, 0.05) is 6.20 Å². The van der Waals surface area contributed by atoms with Crippen molar-refractivity contribution in [2.24, 2.45) is 0 Å². The van der Waals surface area contributed by atoms with E-state index in [2.05, 4.69) is 15.3 Å². The average molecular weight is 380 g/mol. The summed E-state index contributed by atoms with van der Waals surface area (Å²) in [6, 6.07) is 15.4. The molecule has 2 aromatic carbocycles. The fourth-order valence-electron chi connectivity index (χ4n) is 2.15. The van der Waals surface area contributed by atoms with Crippen LogP contribution in [-0.2, 0) is 12.8 Å². The van der Waals surface area contributed by atoms with Crippen molar-refractivity contribution in [2.75, 3.05) is 5.32 Å². The van der Waals surface area contributed by atoms with E-state index in [0.717, 1.165) is 5.56 Å². The maximum absolute atomic E-state index is 13.2. The summed E-state index contributed by atoms with van der Waals surface area (Å²) in [5, 5.41) is 2.87. The number of hydrogen-bond acceptors (Lipinski definition) is 4. The number of halogens is 4. The Morgan fingerprint density at radius 3 is 2.38 bits per heavy atom. The number of nitrogens with zero attached hydrogens (tertiary/aromatic N) is 2. The van der Waals surface area contributed by atoms with E-state index in [-0.39, 0.29) is 17.6 Å². The second kappa shape index (κ2) is 7.61. The summed E-state index contributed by atoms with van der Waals surface area (Å²) in [5.41, 5.74) is 0.133. The minimum atomic E-state index is -4.62. The Morgan fingerprint density at radius 2 is 1.69 bits per heavy atom. The van der Waals surface area contributed by atoms with Crippen LogP contribution in [0.2, 0.25) is 5.02 Å². The van der Waals surface area contributed by atoms with Crippen LogP contribution in [0.3, 0.4) is 0 Å². The Kier molecular flexibility index (Phi) is 5.27. The molecule has 0 radical (unpaired) electrons. The smallest absolute Gasteiger partial charge is 0.421 e. The molecule has 0 fully saturated rings. The first-order valence-electron chi connectivity index (χ1n) is 7.56. The summed E-state index contributed by atoms with van der Waals surface area (Å²) in [4.78, 5) is 7.53. The molecule has 0 saturated heterocycles. The number of alkyl halides is 3. The van der Waals surface area contributed by atoms with E-state index in [4.69, 9.17) is 16.3 Å². The molecule has 0 bridgehead atoms. The average Bonchev–Trinajstić information content (AvgIpc) is 2.62. The Balaban J connectivity index is 1.88. The quantitative estimate of drug-likeness (QED) is 0.638. The lowest BCUT2D eigenvalue weighted by Crippen LogP contribution is -2.12. The number of anilines is 2. The Bertz CT molecular complexity index is 888. The zero-order valence-electron chi connectivity index (χ0n) is 13.3. The molecular weight excluding hydrogens is 367 g/mol. The topological polar surface area (TPSA) is 47.0 Å². The molecular formula is C18H13ClF3N3O. The largest absolute Gasteiger partial charge is 0.459 e. The molecule has 0 aliphatic rings. The lowest BCUT2D eigenvalue weighted by molar-refractivity contribution is -0.137. The number of nitrogens with one attached hydrogen (secondary N) is 1. The number of benzene rings is 2. The minimum Gasteiger partial charge on any atom is -0.459 e. The molecule has 3 rings (SSSR count). The molecule has 4 nitrogen and oxygen atoms in total. The monoisotopic (exact) mass is 379 g/mol. The van der Waals surface area contributed by atoms with Gasteiger partial charge in [-0.1, -0.05) is 54.1 Å². The van der Waals surface area contributed by atoms with E-state index in [0.29, 0.717) is 11.9 Å². The van der Waals surface area contributed by atoms with Crippen LogP contribution in [0.1, 0.15) is 11.1 Å². The maximum atomic E-state index is 13.2. The van der Waals surface area contributed by atoms with Gasteiger partial charge in [0.15, 0.2) is 0 Å². The number of ether oxygens (including phenoxy) is 1. The molecule has 0 amide bonds. The van der Waals surface area contributed by atoms with E-state index < -0.39 is 17.6 Å². The highest BCUT2D eigenvalue weighted by atomic mass is 35.5. The van der Waals surface area contributed by atoms with Crippen molar-refractivity contribution in [1.29, 1.82) is 0 Å². The van der Waals surface area contributed by atoms with Crippen LogP contribution in [0.25, 0.3) is 0 Å². The van der Waals surface area contributed by atoms with Crippen molar-refractivity contribution in [2.45, 2.75) is 12.8 Å². The predicted octanol–water partition coefficient (Wildman–Crippen LogP) is 5.47. The highest BCUT2D eigenvalue weighted by Crippen LogP contribution is 2.36. The van der Waals surface area contributed by atoms with Crippen molar-refractivity contribution >= 4 is 23.1 Å². The summed E-state index contributed by atoms with van der Waals surface area (Å²) >= 11 is 6.00. The van der Waals surface area contributed by atoms with Crippen molar-refractivity contribution in [3.63, 3.8) is 0 Å². The van der Waals surface area contributed by atoms with Crippen molar-refractivity contribution in [1.82, 2.24) is 9.97 Å². The molecule has 0 saturated carbocycles. The molecule has 0 aliphatic carbocycles. The summed E-state index contributed by atoms with van der Waals surface area (Å²) in [5.74, 6) is -0.427. The SMILES string of the molecule is FC(F)(F)c1cnc(OCc2ccccc2)nc1Nc1ccccc1Cl. The van der Waals surface area contributed by atoms with E-state index in [9.17, 15) is 13.2 Å². The molecule has 0 unspecified atom stereocenters. The van der Waals surface area contributed by atoms with Crippen molar-refractivity contribution < 1.29 is 17.9 Å². The van der Waals surface area contributed by atoms with Crippen LogP contribution in [0.4, 0.5) is 24.7 Å². The van der Waals surface area contributed by atoms with Crippen LogP contribution in [-0.4, -0.2) is 9.97 Å². The van der Waals surface area contributed by atoms with Crippen molar-refractivity contribution in [3.05, 3.63) is 76.9 Å². The maximum Gasteiger partial charge on any atom is 0.421 e. The van der Waals surface area contributed by atoms with Crippen LogP contribution < -0.4 is 10.1 Å². The summed E-state index contributed by atoms with van der Waals surface area (Å²) in [6.45, 7) is 0.137. The minimum absolute atomic E-state index is 0.137. The second-order valence-electron chi connectivity index (χ2n) is 5.29. The van der Waals surface area contributed by atoms with E-state index in [1.807, 2.05) is 30.3 Å². The van der Waals surface area contributed by atoms with Gasteiger partial charge in [-0.3, -0.25) is 0 Å². The third-order valence-electron chi connectivity index (χ3n) is 3.41. The van der Waals surface area contributed by atoms with Crippen LogP contribution in [0.15, 0.2) is 60.8 Å². The van der Waals surface area contributed by atoms with Gasteiger partial charge >= 0.3 is 12.2 Å². The molecule has 3 aromatic rings. The Labute approximate surface area is 152 Å². The zero-order chi connectivity index (χ0) is 18.6. The van der Waals surface area contributed by atoms with E-state index in [1.165, 1.54) is 0 Å². The fraction of sp³-hybridized carbons (Fsp3) is 0.111. The van der Waals surface area contributed by atoms with Crippen molar-refractivity contribution in [3.8, 4) is 6.01 Å². The van der Waals surface area contributed by atoms with E-state index in [1.54, 1.807) is 24.3 Å².